The number of hydrogen-bond donors (Lipinski definition) is 0. The molecule has 0 N–H and O–H groups in total. The normalized spacial score (nSPS) is 17.6. The summed E-state index contributed by atoms with van der Waals surface area (Å²) in [6, 6.07) is 15.6. The molecule has 33 heavy (non-hydrogen) atoms. The first-order chi connectivity index (χ1) is 16.0. The van der Waals surface area contributed by atoms with E-state index in [0.717, 1.165) is 63.4 Å². The zero-order chi connectivity index (χ0) is 22.8. The quantitative estimate of drug-likeness (QED) is 0.534. The predicted octanol–water partition coefficient (Wildman–Crippen LogP) is 5.31. The Hall–Kier alpha value is -3.13. The number of alkyl halides is 3. The molecule has 0 bridgehead atoms. The van der Waals surface area contributed by atoms with Crippen molar-refractivity contribution >= 4 is 5.82 Å². The van der Waals surface area contributed by atoms with Crippen LogP contribution in [0.1, 0.15) is 29.5 Å². The van der Waals surface area contributed by atoms with E-state index in [4.69, 9.17) is 4.74 Å². The lowest BCUT2D eigenvalue weighted by atomic mass is 9.95. The molecular weight excluding hydrogens is 429 g/mol. The van der Waals surface area contributed by atoms with Gasteiger partial charge in [-0.1, -0.05) is 24.3 Å². The molecule has 3 heterocycles. The summed E-state index contributed by atoms with van der Waals surface area (Å²) in [7, 11) is 0. The Morgan fingerprint density at radius 3 is 2.33 bits per heavy atom. The van der Waals surface area contributed by atoms with Gasteiger partial charge < -0.3 is 9.64 Å². The van der Waals surface area contributed by atoms with Gasteiger partial charge in [0.15, 0.2) is 0 Å². The van der Waals surface area contributed by atoms with Crippen molar-refractivity contribution in [3.63, 3.8) is 0 Å². The first-order valence-corrected chi connectivity index (χ1v) is 11.2. The van der Waals surface area contributed by atoms with Crippen molar-refractivity contribution in [3.05, 3.63) is 77.6 Å². The van der Waals surface area contributed by atoms with Crippen LogP contribution in [0.3, 0.4) is 0 Å². The van der Waals surface area contributed by atoms with Gasteiger partial charge in [0.2, 0.25) is 5.88 Å². The average Bonchev–Trinajstić information content (AvgIpc) is 2.84. The van der Waals surface area contributed by atoms with Crippen LogP contribution in [-0.4, -0.2) is 40.5 Å². The number of ether oxygens (including phenoxy) is 1. The fraction of sp³-hybridized carbons (Fsp3) is 0.360. The zero-order valence-electron chi connectivity index (χ0n) is 18.1. The third-order valence-electron chi connectivity index (χ3n) is 6.50. The summed E-state index contributed by atoms with van der Waals surface area (Å²) >= 11 is 0. The summed E-state index contributed by atoms with van der Waals surface area (Å²) in [5.74, 6) is 1.39. The van der Waals surface area contributed by atoms with Gasteiger partial charge in [-0.05, 0) is 54.7 Å². The second-order valence-electron chi connectivity index (χ2n) is 8.55. The minimum atomic E-state index is -4.37. The Morgan fingerprint density at radius 1 is 0.879 bits per heavy atom. The first kappa shape index (κ1) is 21.7. The molecule has 1 fully saturated rings. The van der Waals surface area contributed by atoms with E-state index in [-0.39, 0.29) is 0 Å². The van der Waals surface area contributed by atoms with Gasteiger partial charge in [-0.2, -0.15) is 13.2 Å². The molecule has 0 unspecified atom stereocenters. The highest BCUT2D eigenvalue weighted by atomic mass is 19.4. The molecule has 3 aromatic rings. The van der Waals surface area contributed by atoms with Crippen molar-refractivity contribution in [1.82, 2.24) is 14.9 Å². The fourth-order valence-corrected chi connectivity index (χ4v) is 4.68. The highest BCUT2D eigenvalue weighted by molar-refractivity contribution is 5.43. The fourth-order valence-electron chi connectivity index (χ4n) is 4.68. The number of fused-ring (bicyclic) bond motifs is 1. The third kappa shape index (κ3) is 4.95. The molecule has 1 aromatic heterocycles. The monoisotopic (exact) mass is 454 g/mol. The Balaban J connectivity index is 1.19. The molecule has 0 atom stereocenters. The van der Waals surface area contributed by atoms with Crippen LogP contribution in [0.4, 0.5) is 19.0 Å². The Labute approximate surface area is 190 Å². The zero-order valence-corrected chi connectivity index (χ0v) is 18.1. The number of rotatable bonds is 4. The summed E-state index contributed by atoms with van der Waals surface area (Å²) in [5.41, 5.74) is 2.19. The van der Waals surface area contributed by atoms with E-state index < -0.39 is 11.7 Å². The highest BCUT2D eigenvalue weighted by Gasteiger charge is 2.30. The van der Waals surface area contributed by atoms with Crippen LogP contribution in [0.2, 0.25) is 0 Å². The maximum atomic E-state index is 12.7. The van der Waals surface area contributed by atoms with Crippen LogP contribution in [0.15, 0.2) is 60.9 Å². The second kappa shape index (κ2) is 9.02. The number of benzene rings is 2. The van der Waals surface area contributed by atoms with Gasteiger partial charge >= 0.3 is 6.18 Å². The average molecular weight is 454 g/mol. The molecule has 8 heteroatoms. The maximum Gasteiger partial charge on any atom is 0.416 e. The van der Waals surface area contributed by atoms with Crippen molar-refractivity contribution in [3.8, 4) is 11.6 Å². The van der Waals surface area contributed by atoms with Crippen LogP contribution in [0.25, 0.3) is 0 Å². The summed E-state index contributed by atoms with van der Waals surface area (Å²) in [4.78, 5) is 13.3. The molecule has 2 aromatic carbocycles. The number of hydrogen-bond acceptors (Lipinski definition) is 5. The standard InChI is InChI=1S/C25H25F3N4O/c26-25(27,28)20-5-7-22(8-6-20)33-24-15-23(29-17-30-24)31-13-10-21(11-14-31)32-12-9-18-3-1-2-4-19(18)16-32/h1-8,15,17,21H,9-14,16H2. The first-order valence-electron chi connectivity index (χ1n) is 11.2. The van der Waals surface area contributed by atoms with Gasteiger partial charge in [-0.25, -0.2) is 9.97 Å². The summed E-state index contributed by atoms with van der Waals surface area (Å²) in [6.07, 6.45) is 0.280. The molecule has 1 saturated heterocycles. The molecule has 172 valence electrons. The minimum absolute atomic E-state index is 0.303. The van der Waals surface area contributed by atoms with Crippen LogP contribution >= 0.6 is 0 Å². The van der Waals surface area contributed by atoms with Crippen LogP contribution in [0.5, 0.6) is 11.6 Å². The Morgan fingerprint density at radius 2 is 1.61 bits per heavy atom. The number of halogens is 3. The second-order valence-corrected chi connectivity index (χ2v) is 8.55. The number of anilines is 1. The van der Waals surface area contributed by atoms with E-state index in [9.17, 15) is 13.2 Å². The molecule has 0 radical (unpaired) electrons. The van der Waals surface area contributed by atoms with Crippen molar-refractivity contribution in [1.29, 1.82) is 0 Å². The van der Waals surface area contributed by atoms with Crippen molar-refractivity contribution in [2.24, 2.45) is 0 Å². The third-order valence-corrected chi connectivity index (χ3v) is 6.50. The maximum absolute atomic E-state index is 12.7. The van der Waals surface area contributed by atoms with E-state index >= 15 is 0 Å². The molecule has 0 aliphatic carbocycles. The van der Waals surface area contributed by atoms with E-state index in [1.165, 1.54) is 29.6 Å². The molecular formula is C25H25F3N4O. The van der Waals surface area contributed by atoms with Gasteiger partial charge in [0.25, 0.3) is 0 Å². The molecule has 2 aliphatic heterocycles. The van der Waals surface area contributed by atoms with E-state index in [1.54, 1.807) is 6.07 Å². The van der Waals surface area contributed by atoms with Gasteiger partial charge in [-0.15, -0.1) is 0 Å². The van der Waals surface area contributed by atoms with Gasteiger partial charge in [0.05, 0.1) is 5.56 Å². The molecule has 5 nitrogen and oxygen atoms in total. The Kier molecular flexibility index (Phi) is 5.93. The predicted molar refractivity (Wildman–Crippen MR) is 119 cm³/mol. The molecule has 5 rings (SSSR count). The number of aromatic nitrogens is 2. The lowest BCUT2D eigenvalue weighted by molar-refractivity contribution is -0.137. The highest BCUT2D eigenvalue weighted by Crippen LogP contribution is 2.32. The number of piperidine rings is 1. The van der Waals surface area contributed by atoms with E-state index in [2.05, 4.69) is 44.0 Å². The summed E-state index contributed by atoms with van der Waals surface area (Å²) < 4.78 is 43.9. The van der Waals surface area contributed by atoms with Crippen LogP contribution < -0.4 is 9.64 Å². The lowest BCUT2D eigenvalue weighted by Crippen LogP contribution is -2.46. The summed E-state index contributed by atoms with van der Waals surface area (Å²) in [5, 5.41) is 0. The van der Waals surface area contributed by atoms with Crippen LogP contribution in [0, 0.1) is 0 Å². The SMILES string of the molecule is FC(F)(F)c1ccc(Oc2cc(N3CCC(N4CCc5ccccc5C4)CC3)ncn2)cc1. The van der Waals surface area contributed by atoms with Gasteiger partial charge in [0, 0.05) is 38.3 Å². The smallest absolute Gasteiger partial charge is 0.416 e. The molecule has 0 spiro atoms. The van der Waals surface area contributed by atoms with Crippen molar-refractivity contribution in [2.75, 3.05) is 24.5 Å². The van der Waals surface area contributed by atoms with Crippen molar-refractivity contribution < 1.29 is 17.9 Å². The molecule has 0 amide bonds. The van der Waals surface area contributed by atoms with Gasteiger partial charge in [0.1, 0.15) is 17.9 Å². The van der Waals surface area contributed by atoms with E-state index in [0.29, 0.717) is 17.7 Å². The van der Waals surface area contributed by atoms with Crippen LogP contribution in [-0.2, 0) is 19.1 Å². The largest absolute Gasteiger partial charge is 0.439 e. The van der Waals surface area contributed by atoms with Gasteiger partial charge in [-0.3, -0.25) is 4.90 Å². The summed E-state index contributed by atoms with van der Waals surface area (Å²) in [6.45, 7) is 3.89. The van der Waals surface area contributed by atoms with E-state index in [1.807, 2.05) is 0 Å². The molecule has 2 aliphatic rings. The minimum Gasteiger partial charge on any atom is -0.439 e. The van der Waals surface area contributed by atoms with Crippen molar-refractivity contribution in [2.45, 2.75) is 38.0 Å². The number of nitrogens with zero attached hydrogens (tertiary/aromatic N) is 4. The molecule has 0 saturated carbocycles. The topological polar surface area (TPSA) is 41.5 Å². The lowest BCUT2D eigenvalue weighted by Gasteiger charge is -2.41. The Bertz CT molecular complexity index is 1100.